The molecule has 1 N–H and O–H groups in total. The van der Waals surface area contributed by atoms with Crippen LogP contribution in [0.5, 0.6) is 0 Å². The molecule has 2 fully saturated rings. The molecule has 0 aliphatic heterocycles. The number of hydrogen-bond acceptors (Lipinski definition) is 1. The quantitative estimate of drug-likeness (QED) is 0.369. The van der Waals surface area contributed by atoms with Crippen LogP contribution in [0.2, 0.25) is 10.0 Å². The predicted octanol–water partition coefficient (Wildman–Crippen LogP) is 6.79. The van der Waals surface area contributed by atoms with Gasteiger partial charge in [-0.3, -0.25) is 4.79 Å². The number of carbonyl (C=O) groups is 1. The molecule has 0 saturated heterocycles. The van der Waals surface area contributed by atoms with Gasteiger partial charge in [-0.25, -0.2) is 0 Å². The van der Waals surface area contributed by atoms with Crippen molar-refractivity contribution in [1.29, 1.82) is 0 Å². The van der Waals surface area contributed by atoms with E-state index in [1.807, 2.05) is 18.2 Å². The Labute approximate surface area is 166 Å². The number of carboxylic acids is 1. The second-order valence-electron chi connectivity index (χ2n) is 7.92. The normalized spacial score (nSPS) is 27.5. The lowest BCUT2D eigenvalue weighted by Crippen LogP contribution is -2.21. The van der Waals surface area contributed by atoms with Crippen LogP contribution in [0, 0.1) is 23.7 Å². The fourth-order valence-electron chi connectivity index (χ4n) is 5.06. The highest BCUT2D eigenvalue weighted by molar-refractivity contribution is 6.35. The van der Waals surface area contributed by atoms with Crippen LogP contribution in [-0.4, -0.2) is 11.1 Å². The molecule has 2 aliphatic carbocycles. The van der Waals surface area contributed by atoms with Gasteiger partial charge in [0.2, 0.25) is 0 Å². The molecule has 0 amide bonds. The second-order valence-corrected chi connectivity index (χ2v) is 8.76. The molecule has 142 valence electrons. The molecule has 0 spiro atoms. The maximum absolute atomic E-state index is 10.6. The highest BCUT2D eigenvalue weighted by atomic mass is 35.5. The number of hydrogen-bond donors (Lipinski definition) is 1. The van der Waals surface area contributed by atoms with E-state index in [4.69, 9.17) is 28.3 Å². The lowest BCUT2D eigenvalue weighted by molar-refractivity contribution is -0.137. The van der Waals surface area contributed by atoms with E-state index in [0.29, 0.717) is 10.9 Å². The number of allylic oxidation sites excluding steroid dienone is 2. The van der Waals surface area contributed by atoms with E-state index in [2.05, 4.69) is 12.2 Å². The van der Waals surface area contributed by atoms with Gasteiger partial charge in [0.15, 0.2) is 0 Å². The molecule has 4 atom stereocenters. The van der Waals surface area contributed by atoms with Gasteiger partial charge in [-0.1, -0.05) is 41.4 Å². The summed E-state index contributed by atoms with van der Waals surface area (Å²) >= 11 is 12.3. The monoisotopic (exact) mass is 394 g/mol. The average molecular weight is 395 g/mol. The molecular formula is C22H28Cl2O2. The third-order valence-electron chi connectivity index (χ3n) is 6.28. The van der Waals surface area contributed by atoms with Crippen molar-refractivity contribution in [2.75, 3.05) is 0 Å². The van der Waals surface area contributed by atoms with Gasteiger partial charge >= 0.3 is 5.97 Å². The number of fused-ring (bicyclic) bond motifs is 2. The number of carboxylic acid groups (broad SMARTS) is 1. The van der Waals surface area contributed by atoms with Gasteiger partial charge in [0, 0.05) is 16.5 Å². The molecule has 0 unspecified atom stereocenters. The van der Waals surface area contributed by atoms with Crippen molar-refractivity contribution < 1.29 is 9.90 Å². The Hall–Kier alpha value is -0.990. The Morgan fingerprint density at radius 2 is 2.00 bits per heavy atom. The number of aliphatic carboxylic acids is 1. The molecule has 2 nitrogen and oxygen atoms in total. The van der Waals surface area contributed by atoms with Crippen LogP contribution < -0.4 is 0 Å². The van der Waals surface area contributed by atoms with Crippen molar-refractivity contribution >= 4 is 29.2 Å². The van der Waals surface area contributed by atoms with Crippen LogP contribution in [0.15, 0.2) is 30.4 Å². The van der Waals surface area contributed by atoms with Crippen molar-refractivity contribution in [3.05, 3.63) is 46.0 Å². The molecule has 3 rings (SSSR count). The van der Waals surface area contributed by atoms with Crippen LogP contribution in [0.3, 0.4) is 0 Å². The zero-order valence-electron chi connectivity index (χ0n) is 15.2. The van der Waals surface area contributed by atoms with E-state index in [0.717, 1.165) is 42.0 Å². The van der Waals surface area contributed by atoms with Gasteiger partial charge in [-0.15, -0.1) is 0 Å². The Morgan fingerprint density at radius 3 is 2.77 bits per heavy atom. The van der Waals surface area contributed by atoms with Gasteiger partial charge < -0.3 is 5.11 Å². The molecule has 2 bridgehead atoms. The van der Waals surface area contributed by atoms with Crippen molar-refractivity contribution in [2.45, 2.75) is 57.8 Å². The zero-order valence-corrected chi connectivity index (χ0v) is 16.7. The fourth-order valence-corrected chi connectivity index (χ4v) is 5.56. The Kier molecular flexibility index (Phi) is 7.05. The summed E-state index contributed by atoms with van der Waals surface area (Å²) in [6.45, 7) is 0. The summed E-state index contributed by atoms with van der Waals surface area (Å²) in [5, 5.41) is 10.2. The van der Waals surface area contributed by atoms with Crippen LogP contribution in [0.25, 0.3) is 0 Å². The minimum Gasteiger partial charge on any atom is -0.481 e. The van der Waals surface area contributed by atoms with Crippen LogP contribution in [-0.2, 0) is 11.2 Å². The molecule has 4 heteroatoms. The van der Waals surface area contributed by atoms with E-state index in [1.165, 1.54) is 37.7 Å². The topological polar surface area (TPSA) is 37.3 Å². The first-order valence-electron chi connectivity index (χ1n) is 9.87. The van der Waals surface area contributed by atoms with Crippen molar-refractivity contribution in [1.82, 2.24) is 0 Å². The third-order valence-corrected chi connectivity index (χ3v) is 6.86. The molecular weight excluding hydrogens is 367 g/mol. The van der Waals surface area contributed by atoms with E-state index < -0.39 is 5.97 Å². The smallest absolute Gasteiger partial charge is 0.303 e. The Bertz CT molecular complexity index is 656. The van der Waals surface area contributed by atoms with E-state index >= 15 is 0 Å². The molecule has 0 aromatic heterocycles. The molecule has 0 heterocycles. The van der Waals surface area contributed by atoms with E-state index in [1.54, 1.807) is 0 Å². The minimum absolute atomic E-state index is 0.270. The predicted molar refractivity (Wildman–Crippen MR) is 108 cm³/mol. The first-order chi connectivity index (χ1) is 12.5. The molecule has 1 aromatic carbocycles. The van der Waals surface area contributed by atoms with Gasteiger partial charge in [-0.05, 0) is 92.7 Å². The SMILES string of the molecule is O=C(O)CCC/C=C\[C@H]1[C@@H]2CC[C@@H](C2)[C@@H]1CCCc1ccc(Cl)cc1Cl. The van der Waals surface area contributed by atoms with Crippen LogP contribution in [0.1, 0.15) is 56.9 Å². The molecule has 1 aromatic rings. The van der Waals surface area contributed by atoms with Crippen molar-refractivity contribution in [3.63, 3.8) is 0 Å². The number of benzene rings is 1. The van der Waals surface area contributed by atoms with Gasteiger partial charge in [-0.2, -0.15) is 0 Å². The summed E-state index contributed by atoms with van der Waals surface area (Å²) in [4.78, 5) is 10.6. The Balaban J connectivity index is 1.50. The van der Waals surface area contributed by atoms with Gasteiger partial charge in [0.1, 0.15) is 0 Å². The second kappa shape index (κ2) is 9.28. The first-order valence-corrected chi connectivity index (χ1v) is 10.6. The van der Waals surface area contributed by atoms with Crippen molar-refractivity contribution in [3.8, 4) is 0 Å². The average Bonchev–Trinajstić information content (AvgIpc) is 3.18. The largest absolute Gasteiger partial charge is 0.481 e. The van der Waals surface area contributed by atoms with Crippen LogP contribution in [0.4, 0.5) is 0 Å². The molecule has 26 heavy (non-hydrogen) atoms. The first kappa shape index (κ1) is 19.8. The third kappa shape index (κ3) is 5.04. The lowest BCUT2D eigenvalue weighted by Gasteiger charge is -2.29. The standard InChI is InChI=1S/C22H28Cl2O2/c23-18-12-11-15(21(24)14-18)5-4-7-20-17-10-9-16(13-17)19(20)6-2-1-3-8-22(25)26/h2,6,11-12,14,16-17,19-20H,1,3-5,7-10,13H2,(H,25,26)/b6-2-/t16-,17+,19+,20+/m1/s1. The number of rotatable bonds is 9. The summed E-state index contributed by atoms with van der Waals surface area (Å²) in [6, 6.07) is 5.80. The summed E-state index contributed by atoms with van der Waals surface area (Å²) in [7, 11) is 0. The summed E-state index contributed by atoms with van der Waals surface area (Å²) in [5.74, 6) is 2.51. The zero-order chi connectivity index (χ0) is 18.5. The number of unbranched alkanes of at least 4 members (excludes halogenated alkanes) is 1. The van der Waals surface area contributed by atoms with Crippen molar-refractivity contribution in [2.24, 2.45) is 23.7 Å². The van der Waals surface area contributed by atoms with Crippen LogP contribution >= 0.6 is 23.2 Å². The van der Waals surface area contributed by atoms with Gasteiger partial charge in [0.05, 0.1) is 0 Å². The summed E-state index contributed by atoms with van der Waals surface area (Å²) < 4.78 is 0. The fraction of sp³-hybridized carbons (Fsp3) is 0.591. The molecule has 2 saturated carbocycles. The lowest BCUT2D eigenvalue weighted by atomic mass is 9.76. The number of halogens is 2. The Morgan fingerprint density at radius 1 is 1.19 bits per heavy atom. The maximum Gasteiger partial charge on any atom is 0.303 e. The van der Waals surface area contributed by atoms with E-state index in [-0.39, 0.29) is 6.42 Å². The summed E-state index contributed by atoms with van der Waals surface area (Å²) in [6.07, 6.45) is 14.1. The van der Waals surface area contributed by atoms with Gasteiger partial charge in [0.25, 0.3) is 0 Å². The summed E-state index contributed by atoms with van der Waals surface area (Å²) in [5.41, 5.74) is 1.19. The number of aryl methyl sites for hydroxylation is 1. The van der Waals surface area contributed by atoms with E-state index in [9.17, 15) is 4.79 Å². The minimum atomic E-state index is -0.697. The highest BCUT2D eigenvalue weighted by Crippen LogP contribution is 2.54. The molecule has 0 radical (unpaired) electrons. The molecule has 2 aliphatic rings. The maximum atomic E-state index is 10.6. The highest BCUT2D eigenvalue weighted by Gasteiger charge is 2.45.